The van der Waals surface area contributed by atoms with Crippen molar-refractivity contribution in [1.29, 1.82) is 0 Å². The molecule has 4 aromatic carbocycles. The Hall–Kier alpha value is -4.54. The zero-order chi connectivity index (χ0) is 36.1. The SMILES string of the molecule is CCn1c(-c2ccc(OC)cc2)c(-c2ccc(OC)cc2)[n+](CC)c1Cc1n(CC)c(-c2ccc(OC)cc2)c(-c2ccc(OC)cc2)[n+]1CC.[Br-].[Br-]. The minimum atomic E-state index is 0. The normalized spacial score (nSPS) is 10.7. The molecule has 0 aliphatic carbocycles. The molecule has 2 aromatic heterocycles. The number of aromatic nitrogens is 4. The molecule has 0 aliphatic rings. The highest BCUT2D eigenvalue weighted by molar-refractivity contribution is 5.79. The summed E-state index contributed by atoms with van der Waals surface area (Å²) in [6.45, 7) is 12.2. The van der Waals surface area contributed by atoms with Crippen LogP contribution in [0.2, 0.25) is 0 Å². The maximum atomic E-state index is 5.55. The van der Waals surface area contributed by atoms with Crippen LogP contribution in [0.15, 0.2) is 97.1 Å². The first kappa shape index (κ1) is 41.2. The van der Waals surface area contributed by atoms with E-state index in [2.05, 4.69) is 94.5 Å². The second kappa shape index (κ2) is 18.5. The number of ether oxygens (including phenoxy) is 4. The maximum absolute atomic E-state index is 5.55. The predicted octanol–water partition coefficient (Wildman–Crippen LogP) is 2.25. The molecule has 0 bridgehead atoms. The topological polar surface area (TPSA) is 54.5 Å². The van der Waals surface area contributed by atoms with E-state index in [-0.39, 0.29) is 34.0 Å². The van der Waals surface area contributed by atoms with Gasteiger partial charge in [0.1, 0.15) is 23.0 Å². The largest absolute Gasteiger partial charge is 1.00 e. The molecule has 0 N–H and O–H groups in total. The fourth-order valence-electron chi connectivity index (χ4n) is 7.37. The summed E-state index contributed by atoms with van der Waals surface area (Å²) >= 11 is 0. The standard InChI is InChI=1S/C43H50N4O4.2BrH/c1-9-44-38(45(10-2)41(31-15-23-35(49-6)24-16-31)40(44)30-13-21-34(48-5)22-14-30)29-39-46(11-3)42(32-17-25-36(50-7)26-18-32)43(47(39)12-4)33-19-27-37(51-8)28-20-33;;/h13-28H,9-12,29H2,1-8H3;2*1H/q+2;;/p-2. The molecule has 0 spiro atoms. The van der Waals surface area contributed by atoms with E-state index in [9.17, 15) is 0 Å². The lowest BCUT2D eigenvalue weighted by Gasteiger charge is -2.07. The van der Waals surface area contributed by atoms with Crippen molar-refractivity contribution < 1.29 is 62.0 Å². The number of methoxy groups -OCH3 is 4. The lowest BCUT2D eigenvalue weighted by atomic mass is 10.0. The molecule has 6 rings (SSSR count). The molecule has 0 fully saturated rings. The summed E-state index contributed by atoms with van der Waals surface area (Å²) in [6.07, 6.45) is 0.724. The van der Waals surface area contributed by atoms with E-state index in [1.54, 1.807) is 28.4 Å². The number of hydrogen-bond acceptors (Lipinski definition) is 4. The molecule has 10 heteroatoms. The Balaban J connectivity index is 0.00000314. The zero-order valence-corrected chi connectivity index (χ0v) is 35.1. The van der Waals surface area contributed by atoms with Crippen molar-refractivity contribution in [3.63, 3.8) is 0 Å². The molecule has 0 aliphatic heterocycles. The van der Waals surface area contributed by atoms with Gasteiger partial charge in [0, 0.05) is 22.3 Å². The van der Waals surface area contributed by atoms with Gasteiger partial charge in [-0.2, -0.15) is 0 Å². The van der Waals surface area contributed by atoms with Crippen LogP contribution in [0.25, 0.3) is 45.0 Å². The van der Waals surface area contributed by atoms with Crippen LogP contribution in [0.1, 0.15) is 39.3 Å². The highest BCUT2D eigenvalue weighted by Crippen LogP contribution is 2.37. The third-order valence-electron chi connectivity index (χ3n) is 9.81. The van der Waals surface area contributed by atoms with Crippen molar-refractivity contribution in [2.24, 2.45) is 0 Å². The van der Waals surface area contributed by atoms with Crippen LogP contribution in [0.5, 0.6) is 23.0 Å². The first-order valence-corrected chi connectivity index (χ1v) is 17.8. The van der Waals surface area contributed by atoms with Gasteiger partial charge in [0.2, 0.25) is 0 Å². The van der Waals surface area contributed by atoms with Crippen LogP contribution in [-0.4, -0.2) is 37.6 Å². The molecule has 0 radical (unpaired) electrons. The summed E-state index contributed by atoms with van der Waals surface area (Å²) in [7, 11) is 6.84. The van der Waals surface area contributed by atoms with Crippen LogP contribution in [0.4, 0.5) is 0 Å². The van der Waals surface area contributed by atoms with Gasteiger partial charge in [-0.25, -0.2) is 18.3 Å². The summed E-state index contributed by atoms with van der Waals surface area (Å²) in [6, 6.07) is 33.7. The smallest absolute Gasteiger partial charge is 0.269 e. The quantitative estimate of drug-likeness (QED) is 0.158. The summed E-state index contributed by atoms with van der Waals surface area (Å²) in [5.74, 6) is 5.84. The van der Waals surface area contributed by atoms with E-state index in [0.717, 1.165) is 77.9 Å². The highest BCUT2D eigenvalue weighted by atomic mass is 79.9. The Morgan fingerprint density at radius 1 is 0.415 bits per heavy atom. The van der Waals surface area contributed by atoms with Crippen LogP contribution in [-0.2, 0) is 32.6 Å². The summed E-state index contributed by atoms with van der Waals surface area (Å²) in [5, 5.41) is 0. The van der Waals surface area contributed by atoms with E-state index in [0.29, 0.717) is 0 Å². The van der Waals surface area contributed by atoms with Crippen molar-refractivity contribution in [2.75, 3.05) is 28.4 Å². The van der Waals surface area contributed by atoms with Crippen molar-refractivity contribution in [3.05, 3.63) is 109 Å². The van der Waals surface area contributed by atoms with Gasteiger partial charge in [-0.05, 0) is 125 Å². The van der Waals surface area contributed by atoms with E-state index < -0.39 is 0 Å². The first-order valence-electron chi connectivity index (χ1n) is 17.8. The number of rotatable bonds is 14. The molecule has 280 valence electrons. The van der Waals surface area contributed by atoms with Crippen LogP contribution >= 0.6 is 0 Å². The van der Waals surface area contributed by atoms with E-state index in [4.69, 9.17) is 18.9 Å². The molecule has 0 atom stereocenters. The molecule has 0 unspecified atom stereocenters. The monoisotopic (exact) mass is 844 g/mol. The second-order valence-corrected chi connectivity index (χ2v) is 12.3. The predicted molar refractivity (Wildman–Crippen MR) is 203 cm³/mol. The fourth-order valence-corrected chi connectivity index (χ4v) is 7.37. The number of imidazole rings is 2. The van der Waals surface area contributed by atoms with Gasteiger partial charge in [0.25, 0.3) is 11.6 Å². The Kier molecular flexibility index (Phi) is 14.4. The molecule has 6 aromatic rings. The van der Waals surface area contributed by atoms with Crippen molar-refractivity contribution in [1.82, 2.24) is 9.13 Å². The molecular formula is C43H50Br2N4O4. The van der Waals surface area contributed by atoms with Gasteiger partial charge in [0.05, 0.1) is 54.6 Å². The summed E-state index contributed by atoms with van der Waals surface area (Å²) < 4.78 is 32.2. The number of benzene rings is 4. The number of halogens is 2. The number of hydrogen-bond donors (Lipinski definition) is 0. The minimum Gasteiger partial charge on any atom is -1.00 e. The Morgan fingerprint density at radius 3 is 0.906 bits per heavy atom. The maximum Gasteiger partial charge on any atom is 0.269 e. The molecule has 2 heterocycles. The van der Waals surface area contributed by atoms with Gasteiger partial charge >= 0.3 is 0 Å². The van der Waals surface area contributed by atoms with E-state index >= 15 is 0 Å². The number of nitrogens with zero attached hydrogens (tertiary/aromatic N) is 4. The van der Waals surface area contributed by atoms with E-state index in [1.165, 1.54) is 34.4 Å². The van der Waals surface area contributed by atoms with Crippen LogP contribution < -0.4 is 62.0 Å². The highest BCUT2D eigenvalue weighted by Gasteiger charge is 2.37. The molecule has 8 nitrogen and oxygen atoms in total. The average molecular weight is 847 g/mol. The van der Waals surface area contributed by atoms with Gasteiger partial charge in [0.15, 0.2) is 29.2 Å². The minimum absolute atomic E-state index is 0. The Labute approximate surface area is 335 Å². The Morgan fingerprint density at radius 2 is 0.679 bits per heavy atom. The van der Waals surface area contributed by atoms with Gasteiger partial charge in [-0.1, -0.05) is 0 Å². The van der Waals surface area contributed by atoms with Gasteiger partial charge < -0.3 is 52.9 Å². The lowest BCUT2D eigenvalue weighted by Crippen LogP contribution is -3.00. The summed E-state index contributed by atoms with van der Waals surface area (Å²) in [5.41, 5.74) is 9.31. The second-order valence-electron chi connectivity index (χ2n) is 12.3. The van der Waals surface area contributed by atoms with Gasteiger partial charge in [-0.3, -0.25) is 0 Å². The zero-order valence-electron chi connectivity index (χ0n) is 32.0. The lowest BCUT2D eigenvalue weighted by molar-refractivity contribution is -0.702. The summed E-state index contributed by atoms with van der Waals surface area (Å²) in [4.78, 5) is 0. The van der Waals surface area contributed by atoms with Crippen molar-refractivity contribution in [3.8, 4) is 68.0 Å². The Bertz CT molecular complexity index is 1790. The third-order valence-corrected chi connectivity index (χ3v) is 9.81. The van der Waals surface area contributed by atoms with E-state index in [1.807, 2.05) is 48.5 Å². The fraction of sp³-hybridized carbons (Fsp3) is 0.302. The molecule has 0 saturated carbocycles. The molecule has 0 saturated heterocycles. The molecule has 0 amide bonds. The third kappa shape index (κ3) is 7.89. The van der Waals surface area contributed by atoms with Crippen LogP contribution in [0.3, 0.4) is 0 Å². The average Bonchev–Trinajstić information content (AvgIpc) is 3.69. The first-order chi connectivity index (χ1) is 24.9. The molecule has 53 heavy (non-hydrogen) atoms. The van der Waals surface area contributed by atoms with Crippen LogP contribution in [0, 0.1) is 0 Å². The van der Waals surface area contributed by atoms with Crippen molar-refractivity contribution >= 4 is 0 Å². The van der Waals surface area contributed by atoms with Crippen molar-refractivity contribution in [2.45, 2.75) is 60.3 Å². The molecular weight excluding hydrogens is 796 g/mol. The van der Waals surface area contributed by atoms with Gasteiger partial charge in [-0.15, -0.1) is 0 Å².